The van der Waals surface area contributed by atoms with Gasteiger partial charge in [-0.3, -0.25) is 9.36 Å². The SMILES string of the molecule is CCOP(=O)(OCC)[C@]1(C(C#N)C#N)C(=O)Nc2c(C)cc(C)cc21. The fourth-order valence-electron chi connectivity index (χ4n) is 3.28. The summed E-state index contributed by atoms with van der Waals surface area (Å²) in [5, 5.41) is 19.8. The number of nitrogens with zero attached hydrogens (tertiary/aromatic N) is 2. The average Bonchev–Trinajstić information content (AvgIpc) is 2.84. The highest BCUT2D eigenvalue weighted by Crippen LogP contribution is 2.71. The van der Waals surface area contributed by atoms with E-state index in [4.69, 9.17) is 9.05 Å². The molecule has 132 valence electrons. The monoisotopic (exact) mass is 361 g/mol. The number of nitrogens with one attached hydrogen (secondary N) is 1. The second kappa shape index (κ2) is 6.98. The normalized spacial score (nSPS) is 19.2. The molecule has 0 fully saturated rings. The minimum atomic E-state index is -4.17. The zero-order valence-corrected chi connectivity index (χ0v) is 15.5. The summed E-state index contributed by atoms with van der Waals surface area (Å²) in [6.45, 7) is 6.86. The first-order valence-electron chi connectivity index (χ1n) is 7.93. The fraction of sp³-hybridized carbons (Fsp3) is 0.471. The van der Waals surface area contributed by atoms with Gasteiger partial charge in [-0.15, -0.1) is 0 Å². The molecule has 2 rings (SSSR count). The van der Waals surface area contributed by atoms with Crippen molar-refractivity contribution in [2.24, 2.45) is 5.92 Å². The quantitative estimate of drug-likeness (QED) is 0.777. The minimum absolute atomic E-state index is 0.00994. The number of hydrogen-bond donors (Lipinski definition) is 1. The first-order chi connectivity index (χ1) is 11.8. The van der Waals surface area contributed by atoms with E-state index in [1.54, 1.807) is 26.8 Å². The predicted molar refractivity (Wildman–Crippen MR) is 91.8 cm³/mol. The van der Waals surface area contributed by atoms with Gasteiger partial charge in [0, 0.05) is 11.3 Å². The number of nitriles is 2. The number of amides is 1. The van der Waals surface area contributed by atoms with Crippen molar-refractivity contribution in [2.75, 3.05) is 18.5 Å². The van der Waals surface area contributed by atoms with Gasteiger partial charge in [0.15, 0.2) is 5.92 Å². The Labute approximate surface area is 147 Å². The van der Waals surface area contributed by atoms with Gasteiger partial charge in [-0.05, 0) is 33.3 Å². The Morgan fingerprint density at radius 1 is 1.20 bits per heavy atom. The van der Waals surface area contributed by atoms with Crippen LogP contribution in [0.4, 0.5) is 5.69 Å². The van der Waals surface area contributed by atoms with Gasteiger partial charge in [0.2, 0.25) is 11.1 Å². The van der Waals surface area contributed by atoms with Crippen molar-refractivity contribution in [2.45, 2.75) is 32.9 Å². The molecule has 1 atom stereocenters. The van der Waals surface area contributed by atoms with Gasteiger partial charge in [-0.25, -0.2) is 0 Å². The highest BCUT2D eigenvalue weighted by Gasteiger charge is 2.67. The smallest absolute Gasteiger partial charge is 0.324 e. The molecule has 0 aliphatic carbocycles. The third-order valence-corrected chi connectivity index (χ3v) is 6.94. The minimum Gasteiger partial charge on any atom is -0.324 e. The first kappa shape index (κ1) is 19.1. The van der Waals surface area contributed by atoms with E-state index in [-0.39, 0.29) is 13.2 Å². The summed E-state index contributed by atoms with van der Waals surface area (Å²) in [5.74, 6) is -2.24. The molecule has 1 heterocycles. The molecule has 1 aromatic carbocycles. The van der Waals surface area contributed by atoms with E-state index in [9.17, 15) is 19.9 Å². The van der Waals surface area contributed by atoms with Crippen LogP contribution in [0.5, 0.6) is 0 Å². The molecule has 0 saturated carbocycles. The molecular weight excluding hydrogens is 341 g/mol. The molecule has 0 radical (unpaired) electrons. The lowest BCUT2D eigenvalue weighted by Gasteiger charge is -2.34. The van der Waals surface area contributed by atoms with Crippen LogP contribution in [0.1, 0.15) is 30.5 Å². The summed E-state index contributed by atoms with van der Waals surface area (Å²) >= 11 is 0. The standard InChI is InChI=1S/C17H20N3O4P/c1-5-23-25(22,24-6-2)17(13(9-18)10-19)14-8-11(3)7-12(4)15(14)20-16(17)21/h7-8,13H,5-6H2,1-4H3,(H,20,21)/t17-/m0/s1. The van der Waals surface area contributed by atoms with Crippen molar-refractivity contribution >= 4 is 19.2 Å². The maximum absolute atomic E-state index is 13.7. The molecule has 0 saturated heterocycles. The Kier molecular flexibility index (Phi) is 5.34. The summed E-state index contributed by atoms with van der Waals surface area (Å²) in [7, 11) is -4.17. The number of carbonyl (C=O) groups excluding carboxylic acids is 1. The lowest BCUT2D eigenvalue weighted by atomic mass is 9.86. The van der Waals surface area contributed by atoms with E-state index in [1.807, 2.05) is 25.1 Å². The molecule has 0 unspecified atom stereocenters. The maximum atomic E-state index is 13.7. The van der Waals surface area contributed by atoms with Crippen LogP contribution in [0, 0.1) is 42.4 Å². The fourth-order valence-corrected chi connectivity index (χ4v) is 5.65. The molecule has 1 amide bonds. The largest absolute Gasteiger partial charge is 0.353 e. The molecule has 1 aliphatic heterocycles. The molecule has 1 aliphatic rings. The van der Waals surface area contributed by atoms with Crippen LogP contribution < -0.4 is 5.32 Å². The summed E-state index contributed by atoms with van der Waals surface area (Å²) in [5.41, 5.74) is 2.32. The summed E-state index contributed by atoms with van der Waals surface area (Å²) in [6, 6.07) is 7.14. The molecule has 1 N–H and O–H groups in total. The third kappa shape index (κ3) is 2.65. The molecule has 0 aromatic heterocycles. The van der Waals surface area contributed by atoms with E-state index < -0.39 is 24.6 Å². The Morgan fingerprint density at radius 3 is 2.24 bits per heavy atom. The number of rotatable bonds is 6. The lowest BCUT2D eigenvalue weighted by molar-refractivity contribution is -0.119. The van der Waals surface area contributed by atoms with Crippen LogP contribution in [0.3, 0.4) is 0 Å². The molecule has 1 aromatic rings. The zero-order chi connectivity index (χ0) is 18.8. The topological polar surface area (TPSA) is 112 Å². The highest BCUT2D eigenvalue weighted by molar-refractivity contribution is 7.56. The average molecular weight is 361 g/mol. The van der Waals surface area contributed by atoms with Gasteiger partial charge in [0.05, 0.1) is 25.4 Å². The summed E-state index contributed by atoms with van der Waals surface area (Å²) in [4.78, 5) is 13.0. The summed E-state index contributed by atoms with van der Waals surface area (Å²) in [6.07, 6.45) is 0. The number of benzene rings is 1. The third-order valence-electron chi connectivity index (χ3n) is 4.18. The Morgan fingerprint density at radius 2 is 1.76 bits per heavy atom. The molecular formula is C17H20N3O4P. The van der Waals surface area contributed by atoms with E-state index in [0.717, 1.165) is 11.1 Å². The van der Waals surface area contributed by atoms with Gasteiger partial charge in [-0.1, -0.05) is 17.7 Å². The Hall–Kier alpha value is -2.18. The number of fused-ring (bicyclic) bond motifs is 1. The number of anilines is 1. The van der Waals surface area contributed by atoms with Crippen molar-refractivity contribution < 1.29 is 18.4 Å². The van der Waals surface area contributed by atoms with Gasteiger partial charge in [-0.2, -0.15) is 10.5 Å². The van der Waals surface area contributed by atoms with Crippen molar-refractivity contribution in [3.05, 3.63) is 28.8 Å². The van der Waals surface area contributed by atoms with Gasteiger partial charge in [0.1, 0.15) is 0 Å². The van der Waals surface area contributed by atoms with E-state index >= 15 is 0 Å². The van der Waals surface area contributed by atoms with Gasteiger partial charge >= 0.3 is 7.60 Å². The first-order valence-corrected chi connectivity index (χ1v) is 9.48. The second-order valence-electron chi connectivity index (χ2n) is 5.75. The predicted octanol–water partition coefficient (Wildman–Crippen LogP) is 3.38. The number of hydrogen-bond acceptors (Lipinski definition) is 6. The zero-order valence-electron chi connectivity index (χ0n) is 14.6. The number of carbonyl (C=O) groups is 1. The van der Waals surface area contributed by atoms with Crippen LogP contribution >= 0.6 is 7.60 Å². The van der Waals surface area contributed by atoms with Crippen LogP contribution in [0.15, 0.2) is 12.1 Å². The van der Waals surface area contributed by atoms with Gasteiger partial charge < -0.3 is 14.4 Å². The second-order valence-corrected chi connectivity index (χ2v) is 7.97. The Balaban J connectivity index is 2.94. The number of aryl methyl sites for hydroxylation is 2. The van der Waals surface area contributed by atoms with Crippen molar-refractivity contribution in [1.82, 2.24) is 0 Å². The molecule has 8 heteroatoms. The Bertz CT molecular complexity index is 816. The van der Waals surface area contributed by atoms with Crippen LogP contribution in [-0.2, 0) is 23.6 Å². The van der Waals surface area contributed by atoms with E-state index in [2.05, 4.69) is 5.32 Å². The highest BCUT2D eigenvalue weighted by atomic mass is 31.2. The van der Waals surface area contributed by atoms with Crippen LogP contribution in [0.2, 0.25) is 0 Å². The maximum Gasteiger partial charge on any atom is 0.353 e. The van der Waals surface area contributed by atoms with E-state index in [0.29, 0.717) is 11.3 Å². The van der Waals surface area contributed by atoms with Crippen molar-refractivity contribution in [3.8, 4) is 12.1 Å². The molecule has 7 nitrogen and oxygen atoms in total. The summed E-state index contributed by atoms with van der Waals surface area (Å²) < 4.78 is 24.5. The lowest BCUT2D eigenvalue weighted by Crippen LogP contribution is -2.42. The van der Waals surface area contributed by atoms with Crippen molar-refractivity contribution in [1.29, 1.82) is 10.5 Å². The van der Waals surface area contributed by atoms with Crippen LogP contribution in [-0.4, -0.2) is 19.1 Å². The van der Waals surface area contributed by atoms with Gasteiger partial charge in [0.25, 0.3) is 0 Å². The van der Waals surface area contributed by atoms with Crippen LogP contribution in [0.25, 0.3) is 0 Å². The molecule has 0 bridgehead atoms. The van der Waals surface area contributed by atoms with Crippen molar-refractivity contribution in [3.63, 3.8) is 0 Å². The van der Waals surface area contributed by atoms with E-state index in [1.165, 1.54) is 0 Å². The molecule has 0 spiro atoms. The molecule has 25 heavy (non-hydrogen) atoms.